The van der Waals surface area contributed by atoms with E-state index in [4.69, 9.17) is 0 Å². The summed E-state index contributed by atoms with van der Waals surface area (Å²) in [6, 6.07) is 0. The van der Waals surface area contributed by atoms with Gasteiger partial charge in [-0.15, -0.1) is 0 Å². The fraction of sp³-hybridized carbons (Fsp3) is 0.684. The molecule has 1 aromatic carbocycles. The molecule has 3 nitrogen and oxygen atoms in total. The smallest absolute Gasteiger partial charge is 0.124 e. The topological polar surface area (TPSA) is 57.2 Å². The number of benzene rings is 1. The van der Waals surface area contributed by atoms with E-state index in [1.54, 1.807) is 0 Å². The summed E-state index contributed by atoms with van der Waals surface area (Å²) in [7, 11) is -4.41. The van der Waals surface area contributed by atoms with Crippen LogP contribution < -0.4 is 0 Å². The minimum Gasteiger partial charge on any atom is -0.744 e. The standard InChI is InChI=1S/C19H28O3S/c1-14-15-10-6-2-4-8-12-17(15)19(23(20,21)22)18-13-9-5-3-7-11-16(14)18/h2-13H2,1H3,(H,20,21,22)/p-1. The van der Waals surface area contributed by atoms with Gasteiger partial charge in [0.1, 0.15) is 10.1 Å². The van der Waals surface area contributed by atoms with Gasteiger partial charge in [-0.2, -0.15) is 0 Å². The van der Waals surface area contributed by atoms with Crippen molar-refractivity contribution in [1.29, 1.82) is 0 Å². The molecule has 0 saturated carbocycles. The Bertz CT molecular complexity index is 648. The van der Waals surface area contributed by atoms with E-state index in [9.17, 15) is 13.0 Å². The zero-order valence-corrected chi connectivity index (χ0v) is 14.9. The van der Waals surface area contributed by atoms with Gasteiger partial charge in [0.25, 0.3) is 0 Å². The SMILES string of the molecule is Cc1c2c(c(S(=O)(=O)[O-])c3c1CCCCCC3)CCCCCC2. The molecular formula is C19H27O3S-. The highest BCUT2D eigenvalue weighted by atomic mass is 32.2. The molecule has 4 heteroatoms. The average molecular weight is 335 g/mol. The molecule has 2 aliphatic rings. The lowest BCUT2D eigenvalue weighted by Crippen LogP contribution is -2.18. The molecule has 0 aromatic heterocycles. The Balaban J connectivity index is 2.29. The zero-order chi connectivity index (χ0) is 16.4. The molecule has 0 spiro atoms. The number of fused-ring (bicyclic) bond motifs is 2. The van der Waals surface area contributed by atoms with Crippen molar-refractivity contribution in [3.63, 3.8) is 0 Å². The van der Waals surface area contributed by atoms with E-state index in [0.717, 1.165) is 75.3 Å². The van der Waals surface area contributed by atoms with Crippen LogP contribution in [0.5, 0.6) is 0 Å². The maximum absolute atomic E-state index is 12.1. The highest BCUT2D eigenvalue weighted by Crippen LogP contribution is 2.37. The van der Waals surface area contributed by atoms with Gasteiger partial charge in [0, 0.05) is 0 Å². The van der Waals surface area contributed by atoms with Crippen molar-refractivity contribution in [3.8, 4) is 0 Å². The van der Waals surface area contributed by atoms with Crippen molar-refractivity contribution in [2.45, 2.75) is 88.9 Å². The van der Waals surface area contributed by atoms with Gasteiger partial charge in [-0.25, -0.2) is 8.42 Å². The van der Waals surface area contributed by atoms with Gasteiger partial charge >= 0.3 is 0 Å². The predicted octanol–water partition coefficient (Wildman–Crippen LogP) is 4.22. The van der Waals surface area contributed by atoms with Crippen LogP contribution in [0.2, 0.25) is 0 Å². The predicted molar refractivity (Wildman–Crippen MR) is 90.9 cm³/mol. The Labute approximate surface area is 140 Å². The summed E-state index contributed by atoms with van der Waals surface area (Å²) in [4.78, 5) is 0.178. The van der Waals surface area contributed by atoms with Crippen LogP contribution in [0.1, 0.15) is 79.2 Å². The fourth-order valence-electron chi connectivity index (χ4n) is 4.51. The summed E-state index contributed by atoms with van der Waals surface area (Å²) in [5.41, 5.74) is 5.39. The van der Waals surface area contributed by atoms with Crippen LogP contribution in [-0.4, -0.2) is 13.0 Å². The molecule has 23 heavy (non-hydrogen) atoms. The minimum absolute atomic E-state index is 0.178. The molecule has 0 aliphatic heterocycles. The third-order valence-corrected chi connectivity index (χ3v) is 6.63. The van der Waals surface area contributed by atoms with Crippen LogP contribution in [0, 0.1) is 6.92 Å². The van der Waals surface area contributed by atoms with E-state index in [0.29, 0.717) is 0 Å². The highest BCUT2D eigenvalue weighted by Gasteiger charge is 2.25. The summed E-state index contributed by atoms with van der Waals surface area (Å²) in [5, 5.41) is 0. The third kappa shape index (κ3) is 3.48. The lowest BCUT2D eigenvalue weighted by Gasteiger charge is -2.29. The van der Waals surface area contributed by atoms with Gasteiger partial charge < -0.3 is 4.55 Å². The van der Waals surface area contributed by atoms with Crippen molar-refractivity contribution in [1.82, 2.24) is 0 Å². The van der Waals surface area contributed by atoms with Crippen LogP contribution in [0.3, 0.4) is 0 Å². The molecule has 0 fully saturated rings. The quantitative estimate of drug-likeness (QED) is 0.722. The lowest BCUT2D eigenvalue weighted by molar-refractivity contribution is 0.458. The van der Waals surface area contributed by atoms with Crippen molar-refractivity contribution in [2.24, 2.45) is 0 Å². The van der Waals surface area contributed by atoms with Crippen molar-refractivity contribution < 1.29 is 13.0 Å². The monoisotopic (exact) mass is 335 g/mol. The Morgan fingerprint density at radius 2 is 1.00 bits per heavy atom. The van der Waals surface area contributed by atoms with E-state index >= 15 is 0 Å². The van der Waals surface area contributed by atoms with Gasteiger partial charge in [0.15, 0.2) is 0 Å². The maximum atomic E-state index is 12.1. The first-order valence-electron chi connectivity index (χ1n) is 9.12. The molecule has 128 valence electrons. The van der Waals surface area contributed by atoms with Crippen LogP contribution in [0.25, 0.3) is 0 Å². The molecule has 3 rings (SSSR count). The molecular weight excluding hydrogens is 308 g/mol. The number of rotatable bonds is 1. The van der Waals surface area contributed by atoms with Crippen LogP contribution >= 0.6 is 0 Å². The van der Waals surface area contributed by atoms with Gasteiger partial charge in [-0.3, -0.25) is 0 Å². The van der Waals surface area contributed by atoms with Gasteiger partial charge in [0.2, 0.25) is 0 Å². The Morgan fingerprint density at radius 1 is 0.652 bits per heavy atom. The number of hydrogen-bond acceptors (Lipinski definition) is 3. The summed E-state index contributed by atoms with van der Waals surface area (Å²) in [5.74, 6) is 0. The van der Waals surface area contributed by atoms with E-state index in [1.807, 2.05) is 0 Å². The summed E-state index contributed by atoms with van der Waals surface area (Å²) in [6.45, 7) is 2.15. The molecule has 1 aromatic rings. The third-order valence-electron chi connectivity index (χ3n) is 5.64. The van der Waals surface area contributed by atoms with E-state index in [1.165, 1.54) is 29.5 Å². The molecule has 0 radical (unpaired) electrons. The first-order chi connectivity index (χ1) is 11.0. The average Bonchev–Trinajstić information content (AvgIpc) is 2.40. The molecule has 0 heterocycles. The molecule has 0 N–H and O–H groups in total. The normalized spacial score (nSPS) is 19.7. The molecule has 0 unspecified atom stereocenters. The van der Waals surface area contributed by atoms with Crippen LogP contribution in [-0.2, 0) is 35.8 Å². The van der Waals surface area contributed by atoms with Gasteiger partial charge in [-0.05, 0) is 86.1 Å². The second kappa shape index (κ2) is 6.94. The molecule has 0 atom stereocenters. The minimum atomic E-state index is -4.41. The first-order valence-corrected chi connectivity index (χ1v) is 10.5. The highest BCUT2D eigenvalue weighted by molar-refractivity contribution is 7.85. The summed E-state index contributed by atoms with van der Waals surface area (Å²) < 4.78 is 36.4. The number of hydrogen-bond donors (Lipinski definition) is 0. The first kappa shape index (κ1) is 17.0. The Hall–Kier alpha value is -0.870. The van der Waals surface area contributed by atoms with Crippen LogP contribution in [0.4, 0.5) is 0 Å². The van der Waals surface area contributed by atoms with Crippen molar-refractivity contribution >= 4 is 10.1 Å². The van der Waals surface area contributed by atoms with E-state index in [2.05, 4.69) is 6.92 Å². The second-order valence-electron chi connectivity index (χ2n) is 7.15. The van der Waals surface area contributed by atoms with Crippen molar-refractivity contribution in [2.75, 3.05) is 0 Å². The molecule has 0 bridgehead atoms. The molecule has 2 aliphatic carbocycles. The fourth-order valence-corrected chi connectivity index (χ4v) is 5.57. The van der Waals surface area contributed by atoms with E-state index < -0.39 is 10.1 Å². The largest absolute Gasteiger partial charge is 0.744 e. The van der Waals surface area contributed by atoms with Gasteiger partial charge in [0.05, 0.1) is 4.90 Å². The zero-order valence-electron chi connectivity index (χ0n) is 14.1. The van der Waals surface area contributed by atoms with Crippen LogP contribution in [0.15, 0.2) is 4.90 Å². The lowest BCUT2D eigenvalue weighted by atomic mass is 9.82. The van der Waals surface area contributed by atoms with Gasteiger partial charge in [-0.1, -0.05) is 25.7 Å². The molecule has 0 saturated heterocycles. The maximum Gasteiger partial charge on any atom is 0.124 e. The second-order valence-corrected chi connectivity index (χ2v) is 8.47. The van der Waals surface area contributed by atoms with Crippen molar-refractivity contribution in [3.05, 3.63) is 27.8 Å². The molecule has 0 amide bonds. The summed E-state index contributed by atoms with van der Waals surface area (Å²) >= 11 is 0. The Kier molecular flexibility index (Phi) is 5.12. The summed E-state index contributed by atoms with van der Waals surface area (Å²) in [6.07, 6.45) is 12.2. The Morgan fingerprint density at radius 3 is 1.35 bits per heavy atom. The van der Waals surface area contributed by atoms with E-state index in [-0.39, 0.29) is 4.90 Å².